The van der Waals surface area contributed by atoms with E-state index in [0.717, 1.165) is 29.8 Å². The summed E-state index contributed by atoms with van der Waals surface area (Å²) in [4.78, 5) is 16.1. The fraction of sp³-hybridized carbons (Fsp3) is 0.360. The molecule has 0 unspecified atom stereocenters. The number of methoxy groups -OCH3 is 2. The Morgan fingerprint density at radius 3 is 2.37 bits per heavy atom. The van der Waals surface area contributed by atoms with E-state index in [9.17, 15) is 9.90 Å². The molecule has 10 nitrogen and oxygen atoms in total. The van der Waals surface area contributed by atoms with Gasteiger partial charge in [0.25, 0.3) is 11.4 Å². The van der Waals surface area contributed by atoms with Gasteiger partial charge in [0.1, 0.15) is 22.8 Å². The number of ether oxygens (including phenoxy) is 2. The Balaban J connectivity index is 1.88. The molecule has 0 atom stereocenters. The molecule has 0 amide bonds. The van der Waals surface area contributed by atoms with Crippen LogP contribution in [0.1, 0.15) is 48.3 Å². The van der Waals surface area contributed by atoms with E-state index < -0.39 is 5.56 Å². The van der Waals surface area contributed by atoms with Crippen LogP contribution in [-0.4, -0.2) is 44.7 Å². The van der Waals surface area contributed by atoms with E-state index in [1.807, 2.05) is 13.8 Å². The number of nitrogens with one attached hydrogen (secondary N) is 2. The number of hydrogen-bond acceptors (Lipinski definition) is 8. The molecule has 4 rings (SSSR count). The summed E-state index contributed by atoms with van der Waals surface area (Å²) in [6.45, 7) is 5.85. The lowest BCUT2D eigenvalue weighted by atomic mass is 9.96. The topological polar surface area (TPSA) is 139 Å². The van der Waals surface area contributed by atoms with Gasteiger partial charge in [-0.2, -0.15) is 5.10 Å². The Hall–Kier alpha value is -4.08. The molecule has 0 spiro atoms. The van der Waals surface area contributed by atoms with Crippen LogP contribution in [0, 0.1) is 13.8 Å². The lowest BCUT2D eigenvalue weighted by Gasteiger charge is -2.18. The summed E-state index contributed by atoms with van der Waals surface area (Å²) in [5.41, 5.74) is 3.55. The Labute approximate surface area is 202 Å². The van der Waals surface area contributed by atoms with E-state index in [2.05, 4.69) is 32.3 Å². The lowest BCUT2D eigenvalue weighted by Crippen LogP contribution is -2.14. The Bertz CT molecular complexity index is 1360. The first-order chi connectivity index (χ1) is 16.9. The number of pyridine rings is 1. The highest BCUT2D eigenvalue weighted by atomic mass is 16.5. The summed E-state index contributed by atoms with van der Waals surface area (Å²) in [7, 11) is 3.08. The van der Waals surface area contributed by atoms with Crippen molar-refractivity contribution in [3.8, 4) is 39.8 Å². The van der Waals surface area contributed by atoms with Gasteiger partial charge in [0, 0.05) is 17.0 Å². The second-order valence-corrected chi connectivity index (χ2v) is 8.26. The van der Waals surface area contributed by atoms with E-state index in [0.29, 0.717) is 47.1 Å². The molecule has 184 valence electrons. The van der Waals surface area contributed by atoms with Crippen molar-refractivity contribution in [3.05, 3.63) is 57.1 Å². The summed E-state index contributed by atoms with van der Waals surface area (Å²) in [5, 5.41) is 26.8. The third kappa shape index (κ3) is 4.51. The van der Waals surface area contributed by atoms with Crippen LogP contribution in [0.5, 0.6) is 17.2 Å². The molecular formula is C25H29N5O5. The van der Waals surface area contributed by atoms with Crippen molar-refractivity contribution >= 4 is 0 Å². The van der Waals surface area contributed by atoms with Crippen molar-refractivity contribution in [2.75, 3.05) is 14.2 Å². The second-order valence-electron chi connectivity index (χ2n) is 8.26. The monoisotopic (exact) mass is 479 g/mol. The molecule has 0 saturated heterocycles. The fourth-order valence-corrected chi connectivity index (χ4v) is 4.16. The molecule has 0 radical (unpaired) electrons. The van der Waals surface area contributed by atoms with Crippen LogP contribution < -0.4 is 15.0 Å². The minimum Gasteiger partial charge on any atom is -0.506 e. The number of H-pyrrole nitrogens is 2. The molecule has 0 saturated carbocycles. The van der Waals surface area contributed by atoms with Crippen LogP contribution in [0.15, 0.2) is 27.4 Å². The number of unbranched alkanes of at least 4 members (excludes halogenated alkanes) is 1. The third-order valence-electron chi connectivity index (χ3n) is 6.01. The molecule has 0 fully saturated rings. The minimum absolute atomic E-state index is 0.0743. The number of aryl methyl sites for hydroxylation is 3. The highest BCUT2D eigenvalue weighted by Gasteiger charge is 2.27. The van der Waals surface area contributed by atoms with Gasteiger partial charge in [0.05, 0.1) is 37.5 Å². The molecule has 3 N–H and O–H groups in total. The zero-order valence-corrected chi connectivity index (χ0v) is 20.5. The Kier molecular flexibility index (Phi) is 6.90. The second kappa shape index (κ2) is 10.0. The largest absolute Gasteiger partial charge is 0.506 e. The first-order valence-corrected chi connectivity index (χ1v) is 11.4. The van der Waals surface area contributed by atoms with Crippen LogP contribution >= 0.6 is 0 Å². The predicted octanol–water partition coefficient (Wildman–Crippen LogP) is 4.09. The number of aromatic nitrogens is 5. The number of benzene rings is 1. The first-order valence-electron chi connectivity index (χ1n) is 11.4. The summed E-state index contributed by atoms with van der Waals surface area (Å²) < 4.78 is 17.0. The van der Waals surface area contributed by atoms with E-state index in [-0.39, 0.29) is 17.2 Å². The quantitative estimate of drug-likeness (QED) is 0.326. The molecule has 10 heteroatoms. The van der Waals surface area contributed by atoms with Crippen LogP contribution in [0.25, 0.3) is 22.6 Å². The van der Waals surface area contributed by atoms with Crippen LogP contribution in [0.3, 0.4) is 0 Å². The SMILES string of the molecule is CCCCc1[nH]c(=O)c(-c2nnc(Cc3c(C)n[nH]c3C)o2)c(O)c1-c1c(OC)cccc1OC. The van der Waals surface area contributed by atoms with Crippen molar-refractivity contribution in [1.82, 2.24) is 25.4 Å². The van der Waals surface area contributed by atoms with Gasteiger partial charge < -0.3 is 24.0 Å². The molecule has 1 aromatic carbocycles. The normalized spacial score (nSPS) is 11.1. The molecule has 0 aliphatic heterocycles. The summed E-state index contributed by atoms with van der Waals surface area (Å²) in [6, 6.07) is 5.33. The van der Waals surface area contributed by atoms with Crippen molar-refractivity contribution in [3.63, 3.8) is 0 Å². The molecular weight excluding hydrogens is 450 g/mol. The molecule has 4 aromatic rings. The molecule has 3 heterocycles. The van der Waals surface area contributed by atoms with Crippen molar-refractivity contribution < 1.29 is 19.0 Å². The van der Waals surface area contributed by atoms with Crippen LogP contribution in [-0.2, 0) is 12.8 Å². The average molecular weight is 480 g/mol. The number of hydrogen-bond donors (Lipinski definition) is 3. The Morgan fingerprint density at radius 2 is 1.77 bits per heavy atom. The number of rotatable bonds is 9. The van der Waals surface area contributed by atoms with Gasteiger partial charge in [0.15, 0.2) is 0 Å². The van der Waals surface area contributed by atoms with Gasteiger partial charge in [0.2, 0.25) is 5.89 Å². The maximum atomic E-state index is 13.1. The predicted molar refractivity (Wildman–Crippen MR) is 130 cm³/mol. The summed E-state index contributed by atoms with van der Waals surface area (Å²) in [6.07, 6.45) is 2.62. The average Bonchev–Trinajstić information content (AvgIpc) is 3.44. The Morgan fingerprint density at radius 1 is 1.06 bits per heavy atom. The molecule has 0 bridgehead atoms. The van der Waals surface area contributed by atoms with Gasteiger partial charge in [-0.15, -0.1) is 10.2 Å². The first kappa shape index (κ1) is 24.1. The van der Waals surface area contributed by atoms with E-state index in [1.165, 1.54) is 14.2 Å². The van der Waals surface area contributed by atoms with E-state index in [4.69, 9.17) is 13.9 Å². The van der Waals surface area contributed by atoms with Gasteiger partial charge in [-0.3, -0.25) is 9.89 Å². The van der Waals surface area contributed by atoms with E-state index in [1.54, 1.807) is 18.2 Å². The number of aromatic amines is 2. The van der Waals surface area contributed by atoms with Gasteiger partial charge in [-0.1, -0.05) is 19.4 Å². The summed E-state index contributed by atoms with van der Waals surface area (Å²) in [5.74, 6) is 0.946. The standard InChI is InChI=1S/C25H29N5O5/c1-6-7-9-16-20(21-17(33-4)10-8-11-18(21)34-5)23(31)22(24(32)26-16)25-30-29-19(35-25)12-15-13(2)27-28-14(15)3/h8,10-11H,6-7,9,12H2,1-5H3,(H,27,28)(H2,26,31,32). The van der Waals surface area contributed by atoms with Crippen molar-refractivity contribution in [2.24, 2.45) is 0 Å². The highest BCUT2D eigenvalue weighted by molar-refractivity contribution is 5.86. The van der Waals surface area contributed by atoms with E-state index >= 15 is 0 Å². The molecule has 3 aromatic heterocycles. The number of aromatic hydroxyl groups is 1. The lowest BCUT2D eigenvalue weighted by molar-refractivity contribution is 0.396. The maximum absolute atomic E-state index is 13.1. The molecule has 0 aliphatic rings. The van der Waals surface area contributed by atoms with Crippen molar-refractivity contribution in [1.29, 1.82) is 0 Å². The number of nitrogens with zero attached hydrogens (tertiary/aromatic N) is 3. The zero-order chi connectivity index (χ0) is 25.1. The van der Waals surface area contributed by atoms with Gasteiger partial charge in [-0.05, 0) is 38.8 Å². The highest BCUT2D eigenvalue weighted by Crippen LogP contribution is 2.46. The molecule has 35 heavy (non-hydrogen) atoms. The zero-order valence-electron chi connectivity index (χ0n) is 20.5. The van der Waals surface area contributed by atoms with Crippen molar-refractivity contribution in [2.45, 2.75) is 46.5 Å². The summed E-state index contributed by atoms with van der Waals surface area (Å²) >= 11 is 0. The third-order valence-corrected chi connectivity index (χ3v) is 6.01. The maximum Gasteiger partial charge on any atom is 0.264 e. The fourth-order valence-electron chi connectivity index (χ4n) is 4.16. The van der Waals surface area contributed by atoms with Gasteiger partial charge in [-0.25, -0.2) is 0 Å². The smallest absolute Gasteiger partial charge is 0.264 e. The minimum atomic E-state index is -0.517. The van der Waals surface area contributed by atoms with Crippen LogP contribution in [0.2, 0.25) is 0 Å². The van der Waals surface area contributed by atoms with Gasteiger partial charge >= 0.3 is 0 Å². The van der Waals surface area contributed by atoms with Crippen LogP contribution in [0.4, 0.5) is 0 Å². The molecule has 0 aliphatic carbocycles.